The molecule has 1 aromatic heterocycles. The van der Waals surface area contributed by atoms with Crippen LogP contribution < -0.4 is 10.6 Å². The smallest absolute Gasteiger partial charge is 0.315 e. The van der Waals surface area contributed by atoms with Gasteiger partial charge in [0, 0.05) is 22.3 Å². The number of aliphatic hydroxyl groups excluding tert-OH is 1. The average molecular weight is 325 g/mol. The van der Waals surface area contributed by atoms with Gasteiger partial charge in [0.05, 0.1) is 18.8 Å². The fraction of sp³-hybridized carbons (Fsp3) is 0.750. The van der Waals surface area contributed by atoms with Gasteiger partial charge in [0.25, 0.3) is 0 Å². The summed E-state index contributed by atoms with van der Waals surface area (Å²) in [7, 11) is 0. The van der Waals surface area contributed by atoms with Crippen molar-refractivity contribution in [2.24, 2.45) is 5.41 Å². The van der Waals surface area contributed by atoms with Crippen LogP contribution in [0, 0.1) is 5.41 Å². The van der Waals surface area contributed by atoms with Gasteiger partial charge in [-0.2, -0.15) is 0 Å². The SMILES string of the molecule is CC(C)(C)c1csc(CNC(=O)NC2CCCC2(C)CO)n1. The van der Waals surface area contributed by atoms with Crippen LogP contribution in [0.3, 0.4) is 0 Å². The number of hydrogen-bond donors (Lipinski definition) is 3. The number of hydrogen-bond acceptors (Lipinski definition) is 4. The highest BCUT2D eigenvalue weighted by Crippen LogP contribution is 2.37. The zero-order chi connectivity index (χ0) is 16.4. The lowest BCUT2D eigenvalue weighted by molar-refractivity contribution is 0.121. The lowest BCUT2D eigenvalue weighted by Crippen LogP contribution is -2.48. The largest absolute Gasteiger partial charge is 0.396 e. The van der Waals surface area contributed by atoms with E-state index in [0.717, 1.165) is 30.0 Å². The van der Waals surface area contributed by atoms with E-state index in [-0.39, 0.29) is 29.5 Å². The van der Waals surface area contributed by atoms with Crippen LogP contribution >= 0.6 is 11.3 Å². The quantitative estimate of drug-likeness (QED) is 0.797. The fourth-order valence-corrected chi connectivity index (χ4v) is 3.73. The van der Waals surface area contributed by atoms with Gasteiger partial charge in [-0.15, -0.1) is 11.3 Å². The maximum absolute atomic E-state index is 12.1. The van der Waals surface area contributed by atoms with Crippen molar-refractivity contribution in [1.82, 2.24) is 15.6 Å². The highest BCUT2D eigenvalue weighted by atomic mass is 32.1. The van der Waals surface area contributed by atoms with Gasteiger partial charge >= 0.3 is 6.03 Å². The van der Waals surface area contributed by atoms with Crippen molar-refractivity contribution in [2.45, 2.75) is 65.0 Å². The van der Waals surface area contributed by atoms with Crippen molar-refractivity contribution in [3.05, 3.63) is 16.1 Å². The number of carbonyl (C=O) groups excluding carboxylic acids is 1. The molecule has 0 radical (unpaired) electrons. The normalized spacial score (nSPS) is 25.2. The third-order valence-electron chi connectivity index (χ3n) is 4.47. The first-order valence-electron chi connectivity index (χ1n) is 7.85. The van der Waals surface area contributed by atoms with Crippen molar-refractivity contribution < 1.29 is 9.90 Å². The standard InChI is InChI=1S/C16H27N3O2S/c1-15(2,3)12-9-22-13(18-12)8-17-14(21)19-11-6-5-7-16(11,4)10-20/h9,11,20H,5-8,10H2,1-4H3,(H2,17,19,21). The maximum atomic E-state index is 12.1. The molecule has 0 saturated heterocycles. The molecule has 2 atom stereocenters. The number of nitrogens with zero attached hydrogens (tertiary/aromatic N) is 1. The molecule has 6 heteroatoms. The first-order chi connectivity index (χ1) is 10.2. The Kier molecular flexibility index (Phi) is 5.12. The summed E-state index contributed by atoms with van der Waals surface area (Å²) in [4.78, 5) is 16.6. The van der Waals surface area contributed by atoms with Crippen molar-refractivity contribution in [3.8, 4) is 0 Å². The van der Waals surface area contributed by atoms with Gasteiger partial charge in [-0.05, 0) is 12.8 Å². The fourth-order valence-electron chi connectivity index (χ4n) is 2.77. The van der Waals surface area contributed by atoms with Gasteiger partial charge in [-0.1, -0.05) is 34.1 Å². The summed E-state index contributed by atoms with van der Waals surface area (Å²) < 4.78 is 0. The number of nitrogens with one attached hydrogen (secondary N) is 2. The molecule has 1 aliphatic rings. The molecule has 0 spiro atoms. The molecule has 1 saturated carbocycles. The topological polar surface area (TPSA) is 74.2 Å². The number of rotatable bonds is 4. The molecule has 5 nitrogen and oxygen atoms in total. The van der Waals surface area contributed by atoms with E-state index in [2.05, 4.69) is 41.8 Å². The van der Waals surface area contributed by atoms with E-state index in [1.165, 1.54) is 0 Å². The molecule has 124 valence electrons. The molecule has 0 bridgehead atoms. The molecule has 2 unspecified atom stereocenters. The lowest BCUT2D eigenvalue weighted by Gasteiger charge is -2.30. The summed E-state index contributed by atoms with van der Waals surface area (Å²) in [5.74, 6) is 0. The van der Waals surface area contributed by atoms with Gasteiger partial charge in [0.1, 0.15) is 5.01 Å². The molecule has 0 aromatic carbocycles. The maximum Gasteiger partial charge on any atom is 0.315 e. The summed E-state index contributed by atoms with van der Waals surface area (Å²) >= 11 is 1.57. The Morgan fingerprint density at radius 1 is 1.55 bits per heavy atom. The van der Waals surface area contributed by atoms with Crippen LogP contribution in [0.1, 0.15) is 57.7 Å². The van der Waals surface area contributed by atoms with Gasteiger partial charge < -0.3 is 15.7 Å². The van der Waals surface area contributed by atoms with Crippen molar-refractivity contribution in [2.75, 3.05) is 6.61 Å². The summed E-state index contributed by atoms with van der Waals surface area (Å²) in [6.45, 7) is 8.96. The molecule has 2 rings (SSSR count). The van der Waals surface area contributed by atoms with E-state index >= 15 is 0 Å². The minimum atomic E-state index is -0.197. The number of urea groups is 1. The first kappa shape index (κ1) is 17.2. The van der Waals surface area contributed by atoms with Crippen LogP contribution in [-0.2, 0) is 12.0 Å². The molecule has 1 fully saturated rings. The van der Waals surface area contributed by atoms with Gasteiger partial charge in [-0.25, -0.2) is 9.78 Å². The lowest BCUT2D eigenvalue weighted by atomic mass is 9.86. The van der Waals surface area contributed by atoms with E-state index in [1.807, 2.05) is 6.92 Å². The third kappa shape index (κ3) is 3.98. The molecule has 22 heavy (non-hydrogen) atoms. The molecular weight excluding hydrogens is 298 g/mol. The molecule has 0 aliphatic heterocycles. The highest BCUT2D eigenvalue weighted by molar-refractivity contribution is 7.09. The molecule has 2 amide bonds. The Balaban J connectivity index is 1.84. The molecule has 1 aromatic rings. The highest BCUT2D eigenvalue weighted by Gasteiger charge is 2.39. The number of thiazole rings is 1. The second-order valence-corrected chi connectivity index (χ2v) is 8.40. The Morgan fingerprint density at radius 3 is 2.86 bits per heavy atom. The molecule has 1 heterocycles. The summed E-state index contributed by atoms with van der Waals surface area (Å²) in [6, 6.07) is -0.141. The van der Waals surface area contributed by atoms with E-state index < -0.39 is 0 Å². The second kappa shape index (κ2) is 6.54. The van der Waals surface area contributed by atoms with Crippen LogP contribution in [-0.4, -0.2) is 28.8 Å². The van der Waals surface area contributed by atoms with Gasteiger partial charge in [0.2, 0.25) is 0 Å². The number of carbonyl (C=O) groups is 1. The van der Waals surface area contributed by atoms with E-state index in [9.17, 15) is 9.90 Å². The van der Waals surface area contributed by atoms with E-state index in [4.69, 9.17) is 0 Å². The third-order valence-corrected chi connectivity index (χ3v) is 5.32. The van der Waals surface area contributed by atoms with Gasteiger partial charge in [0.15, 0.2) is 0 Å². The van der Waals surface area contributed by atoms with Crippen LogP contribution in [0.2, 0.25) is 0 Å². The van der Waals surface area contributed by atoms with Gasteiger partial charge in [-0.3, -0.25) is 0 Å². The zero-order valence-electron chi connectivity index (χ0n) is 13.9. The minimum Gasteiger partial charge on any atom is -0.396 e. The van der Waals surface area contributed by atoms with Crippen molar-refractivity contribution >= 4 is 17.4 Å². The predicted molar refractivity (Wildman–Crippen MR) is 89.0 cm³/mol. The summed E-state index contributed by atoms with van der Waals surface area (Å²) in [6.07, 6.45) is 2.93. The van der Waals surface area contributed by atoms with Crippen LogP contribution in [0.5, 0.6) is 0 Å². The van der Waals surface area contributed by atoms with E-state index in [1.54, 1.807) is 11.3 Å². The summed E-state index contributed by atoms with van der Waals surface area (Å²) in [5.41, 5.74) is 0.889. The van der Waals surface area contributed by atoms with Crippen molar-refractivity contribution in [1.29, 1.82) is 0 Å². The number of amides is 2. The summed E-state index contributed by atoms with van der Waals surface area (Å²) in [5, 5.41) is 18.3. The Morgan fingerprint density at radius 2 is 2.27 bits per heavy atom. The minimum absolute atomic E-state index is 0.0315. The molecule has 3 N–H and O–H groups in total. The average Bonchev–Trinajstić information content (AvgIpc) is 3.04. The Bertz CT molecular complexity index is 524. The first-order valence-corrected chi connectivity index (χ1v) is 8.73. The second-order valence-electron chi connectivity index (χ2n) is 7.46. The van der Waals surface area contributed by atoms with E-state index in [0.29, 0.717) is 6.54 Å². The zero-order valence-corrected chi connectivity index (χ0v) is 14.7. The molecular formula is C16H27N3O2S. The predicted octanol–water partition coefficient (Wildman–Crippen LogP) is 2.79. The van der Waals surface area contributed by atoms with Crippen LogP contribution in [0.15, 0.2) is 5.38 Å². The van der Waals surface area contributed by atoms with Crippen molar-refractivity contribution in [3.63, 3.8) is 0 Å². The number of aromatic nitrogens is 1. The Hall–Kier alpha value is -1.14. The number of aliphatic hydroxyl groups is 1. The monoisotopic (exact) mass is 325 g/mol. The van der Waals surface area contributed by atoms with Crippen LogP contribution in [0.25, 0.3) is 0 Å². The van der Waals surface area contributed by atoms with Crippen LogP contribution in [0.4, 0.5) is 4.79 Å². The molecule has 1 aliphatic carbocycles. The Labute approximate surface area is 136 Å².